The number of nitrogens with two attached hydrogens (primary N) is 1. The van der Waals surface area contributed by atoms with Crippen molar-refractivity contribution >= 4 is 17.7 Å². The number of carbonyl (C=O) groups is 2. The molecule has 0 saturated carbocycles. The van der Waals surface area contributed by atoms with E-state index in [4.69, 9.17) is 10.5 Å². The van der Waals surface area contributed by atoms with Crippen molar-refractivity contribution < 1.29 is 14.3 Å². The summed E-state index contributed by atoms with van der Waals surface area (Å²) in [5.74, 6) is -0.0326. The van der Waals surface area contributed by atoms with Gasteiger partial charge in [-0.05, 0) is 42.7 Å². The molecule has 1 fully saturated rings. The third-order valence-corrected chi connectivity index (χ3v) is 5.28. The lowest BCUT2D eigenvalue weighted by Gasteiger charge is -2.36. The standard InChI is InChI=1S/C22H27N3O3/c1-16-8-9-19(14-17(16)2)24-10-12-25(13-11-24)21(26)15-20(28-22(23)27)18-6-4-3-5-7-18/h3-9,14,20H,10-13,15H2,1-2H3,(H2,23,27). The second-order valence-corrected chi connectivity index (χ2v) is 7.18. The highest BCUT2D eigenvalue weighted by Crippen LogP contribution is 2.24. The van der Waals surface area contributed by atoms with Crippen LogP contribution in [0.2, 0.25) is 0 Å². The summed E-state index contributed by atoms with van der Waals surface area (Å²) in [5.41, 5.74) is 9.70. The average molecular weight is 381 g/mol. The van der Waals surface area contributed by atoms with Crippen LogP contribution in [0.25, 0.3) is 0 Å². The maximum atomic E-state index is 12.8. The van der Waals surface area contributed by atoms with E-state index in [1.807, 2.05) is 35.2 Å². The normalized spacial score (nSPS) is 15.2. The van der Waals surface area contributed by atoms with Gasteiger partial charge in [-0.25, -0.2) is 4.79 Å². The molecular weight excluding hydrogens is 354 g/mol. The van der Waals surface area contributed by atoms with E-state index in [1.54, 1.807) is 0 Å². The fourth-order valence-corrected chi connectivity index (χ4v) is 3.46. The van der Waals surface area contributed by atoms with Crippen molar-refractivity contribution in [2.45, 2.75) is 26.4 Å². The molecule has 28 heavy (non-hydrogen) atoms. The van der Waals surface area contributed by atoms with Crippen LogP contribution in [0, 0.1) is 13.8 Å². The van der Waals surface area contributed by atoms with Crippen LogP contribution in [-0.2, 0) is 9.53 Å². The molecule has 3 rings (SSSR count). The Morgan fingerprint density at radius 2 is 1.68 bits per heavy atom. The predicted molar refractivity (Wildman–Crippen MR) is 109 cm³/mol. The topological polar surface area (TPSA) is 75.9 Å². The van der Waals surface area contributed by atoms with Gasteiger partial charge in [0.2, 0.25) is 5.91 Å². The van der Waals surface area contributed by atoms with E-state index in [1.165, 1.54) is 16.8 Å². The molecule has 1 unspecified atom stereocenters. The predicted octanol–water partition coefficient (Wildman–Crippen LogP) is 3.18. The Morgan fingerprint density at radius 1 is 1.00 bits per heavy atom. The average Bonchev–Trinajstić information content (AvgIpc) is 2.70. The van der Waals surface area contributed by atoms with Crippen molar-refractivity contribution in [3.8, 4) is 0 Å². The van der Waals surface area contributed by atoms with Crippen molar-refractivity contribution in [1.82, 2.24) is 4.90 Å². The second kappa shape index (κ2) is 8.78. The van der Waals surface area contributed by atoms with Gasteiger partial charge in [0, 0.05) is 31.9 Å². The smallest absolute Gasteiger partial charge is 0.405 e. The van der Waals surface area contributed by atoms with Gasteiger partial charge in [-0.2, -0.15) is 0 Å². The van der Waals surface area contributed by atoms with E-state index in [0.29, 0.717) is 13.1 Å². The SMILES string of the molecule is Cc1ccc(N2CCN(C(=O)CC(OC(N)=O)c3ccccc3)CC2)cc1C. The van der Waals surface area contributed by atoms with E-state index in [2.05, 4.69) is 36.9 Å². The molecular formula is C22H27N3O3. The van der Waals surface area contributed by atoms with Crippen LogP contribution in [0.1, 0.15) is 29.2 Å². The first-order chi connectivity index (χ1) is 13.4. The Kier molecular flexibility index (Phi) is 6.19. The fourth-order valence-electron chi connectivity index (χ4n) is 3.46. The summed E-state index contributed by atoms with van der Waals surface area (Å²) in [4.78, 5) is 28.2. The van der Waals surface area contributed by atoms with E-state index in [0.717, 1.165) is 18.7 Å². The number of ether oxygens (including phenoxy) is 1. The number of primary amides is 1. The summed E-state index contributed by atoms with van der Waals surface area (Å²) in [6.07, 6.45) is -1.44. The molecule has 1 atom stereocenters. The zero-order valence-corrected chi connectivity index (χ0v) is 16.4. The van der Waals surface area contributed by atoms with E-state index < -0.39 is 12.2 Å². The third-order valence-electron chi connectivity index (χ3n) is 5.28. The molecule has 148 valence electrons. The molecule has 0 aromatic heterocycles. The molecule has 6 nitrogen and oxygen atoms in total. The zero-order valence-electron chi connectivity index (χ0n) is 16.4. The molecule has 2 aromatic rings. The third kappa shape index (κ3) is 4.82. The van der Waals surface area contributed by atoms with Crippen LogP contribution >= 0.6 is 0 Å². The molecule has 0 spiro atoms. The van der Waals surface area contributed by atoms with Crippen LogP contribution in [0.3, 0.4) is 0 Å². The highest BCUT2D eigenvalue weighted by molar-refractivity contribution is 5.78. The van der Waals surface area contributed by atoms with Gasteiger partial charge < -0.3 is 20.3 Å². The molecule has 1 aliphatic rings. The summed E-state index contributed by atoms with van der Waals surface area (Å²) < 4.78 is 5.19. The number of hydrogen-bond acceptors (Lipinski definition) is 4. The number of carbonyl (C=O) groups excluding carboxylic acids is 2. The largest absolute Gasteiger partial charge is 0.441 e. The lowest BCUT2D eigenvalue weighted by molar-refractivity contribution is -0.133. The Hall–Kier alpha value is -3.02. The van der Waals surface area contributed by atoms with Crippen molar-refractivity contribution in [2.24, 2.45) is 5.73 Å². The lowest BCUT2D eigenvalue weighted by Crippen LogP contribution is -2.49. The number of benzene rings is 2. The van der Waals surface area contributed by atoms with Crippen LogP contribution in [0.15, 0.2) is 48.5 Å². The highest BCUT2D eigenvalue weighted by atomic mass is 16.6. The molecule has 0 radical (unpaired) electrons. The maximum absolute atomic E-state index is 12.8. The molecule has 1 saturated heterocycles. The van der Waals surface area contributed by atoms with Gasteiger partial charge in [0.15, 0.2) is 0 Å². The number of anilines is 1. The summed E-state index contributed by atoms with van der Waals surface area (Å²) in [6.45, 7) is 7.06. The van der Waals surface area contributed by atoms with E-state index in [9.17, 15) is 9.59 Å². The van der Waals surface area contributed by atoms with Gasteiger partial charge in [0.05, 0.1) is 6.42 Å². The van der Waals surface area contributed by atoms with Gasteiger partial charge in [-0.15, -0.1) is 0 Å². The van der Waals surface area contributed by atoms with Crippen LogP contribution in [-0.4, -0.2) is 43.1 Å². The number of aryl methyl sites for hydroxylation is 2. The summed E-state index contributed by atoms with van der Waals surface area (Å²) >= 11 is 0. The van der Waals surface area contributed by atoms with Crippen LogP contribution < -0.4 is 10.6 Å². The molecule has 1 heterocycles. The number of rotatable bonds is 5. The van der Waals surface area contributed by atoms with Gasteiger partial charge in [-0.1, -0.05) is 36.4 Å². The van der Waals surface area contributed by atoms with Gasteiger partial charge in [-0.3, -0.25) is 4.79 Å². The van der Waals surface area contributed by atoms with E-state index >= 15 is 0 Å². The second-order valence-electron chi connectivity index (χ2n) is 7.18. The molecule has 6 heteroatoms. The number of nitrogens with zero attached hydrogens (tertiary/aromatic N) is 2. The van der Waals surface area contributed by atoms with Crippen molar-refractivity contribution in [3.05, 3.63) is 65.2 Å². The Bertz CT molecular complexity index is 830. The molecule has 0 aliphatic carbocycles. The molecule has 2 N–H and O–H groups in total. The van der Waals surface area contributed by atoms with Crippen LogP contribution in [0.5, 0.6) is 0 Å². The fraction of sp³-hybridized carbons (Fsp3) is 0.364. The first-order valence-electron chi connectivity index (χ1n) is 9.55. The Balaban J connectivity index is 1.60. The first-order valence-corrected chi connectivity index (χ1v) is 9.55. The molecule has 2 aromatic carbocycles. The minimum atomic E-state index is -0.874. The number of amides is 2. The minimum Gasteiger partial charge on any atom is -0.441 e. The minimum absolute atomic E-state index is 0.0326. The maximum Gasteiger partial charge on any atom is 0.405 e. The highest BCUT2D eigenvalue weighted by Gasteiger charge is 2.26. The molecule has 2 amide bonds. The Morgan fingerprint density at radius 3 is 2.29 bits per heavy atom. The summed E-state index contributed by atoms with van der Waals surface area (Å²) in [5, 5.41) is 0. The van der Waals surface area contributed by atoms with Gasteiger partial charge in [0.25, 0.3) is 0 Å². The number of hydrogen-bond donors (Lipinski definition) is 1. The Labute approximate surface area is 165 Å². The van der Waals surface area contributed by atoms with Crippen LogP contribution in [0.4, 0.5) is 10.5 Å². The van der Waals surface area contributed by atoms with Gasteiger partial charge >= 0.3 is 6.09 Å². The molecule has 0 bridgehead atoms. The quantitative estimate of drug-likeness (QED) is 0.863. The summed E-state index contributed by atoms with van der Waals surface area (Å²) in [7, 11) is 0. The van der Waals surface area contributed by atoms with Crippen molar-refractivity contribution in [2.75, 3.05) is 31.1 Å². The first kappa shape index (κ1) is 19.7. The molecule has 1 aliphatic heterocycles. The van der Waals surface area contributed by atoms with Crippen molar-refractivity contribution in [3.63, 3.8) is 0 Å². The number of piperazine rings is 1. The van der Waals surface area contributed by atoms with E-state index in [-0.39, 0.29) is 12.3 Å². The lowest BCUT2D eigenvalue weighted by atomic mass is 10.1. The zero-order chi connectivity index (χ0) is 20.1. The van der Waals surface area contributed by atoms with Gasteiger partial charge in [0.1, 0.15) is 6.10 Å². The monoisotopic (exact) mass is 381 g/mol. The van der Waals surface area contributed by atoms with Crippen molar-refractivity contribution in [1.29, 1.82) is 0 Å². The summed E-state index contributed by atoms with van der Waals surface area (Å²) in [6, 6.07) is 15.7.